The minimum Gasteiger partial charge on any atom is -0.461 e. The summed E-state index contributed by atoms with van der Waals surface area (Å²) >= 11 is 2.23. The third-order valence-electron chi connectivity index (χ3n) is 9.41. The van der Waals surface area contributed by atoms with E-state index in [0.717, 1.165) is 17.6 Å². The van der Waals surface area contributed by atoms with E-state index in [1.807, 2.05) is 30.1 Å². The molecule has 7 atom stereocenters. The molecule has 2 rings (SSSR count). The summed E-state index contributed by atoms with van der Waals surface area (Å²) in [6.45, 7) is 21.9. The lowest BCUT2D eigenvalue weighted by Crippen LogP contribution is -2.51. The fraction of sp³-hybridized carbons (Fsp3) is 0.714. The summed E-state index contributed by atoms with van der Waals surface area (Å²) in [7, 11) is -0.605. The highest BCUT2D eigenvalue weighted by atomic mass is 127. The number of carbonyl (C=O) groups is 2. The number of carbonyl (C=O) groups excluding carboxylic acids is 2. The quantitative estimate of drug-likeness (QED) is 0.103. The van der Waals surface area contributed by atoms with E-state index in [1.54, 1.807) is 7.11 Å². The van der Waals surface area contributed by atoms with Crippen molar-refractivity contribution in [2.75, 3.05) is 7.11 Å². The molecule has 0 aromatic heterocycles. The average molecular weight is 727 g/mol. The van der Waals surface area contributed by atoms with Gasteiger partial charge in [0.05, 0.1) is 18.1 Å². The summed E-state index contributed by atoms with van der Waals surface area (Å²) in [6.07, 6.45) is 6.23. The Labute approximate surface area is 276 Å². The summed E-state index contributed by atoms with van der Waals surface area (Å²) < 4.78 is 27.3. The molecular weight excluding hydrogens is 671 g/mol. The van der Waals surface area contributed by atoms with Gasteiger partial charge in [0.2, 0.25) is 8.32 Å². The Balaban J connectivity index is 2.68. The van der Waals surface area contributed by atoms with Crippen molar-refractivity contribution in [1.82, 2.24) is 0 Å². The Morgan fingerprint density at radius 1 is 1.07 bits per heavy atom. The zero-order valence-electron chi connectivity index (χ0n) is 28.2. The fourth-order valence-corrected chi connectivity index (χ4v) is 13.0. The number of rotatable bonds is 9. The number of allylic oxidation sites excluding steroid dienone is 2. The van der Waals surface area contributed by atoms with E-state index in [0.29, 0.717) is 35.9 Å². The van der Waals surface area contributed by atoms with Gasteiger partial charge in [0, 0.05) is 31.9 Å². The van der Waals surface area contributed by atoms with Crippen LogP contribution in [0.1, 0.15) is 94.9 Å². The van der Waals surface area contributed by atoms with Crippen LogP contribution in [0.4, 0.5) is 0 Å². The molecule has 0 amide bonds. The minimum absolute atomic E-state index is 0.104. The first kappa shape index (κ1) is 37.8. The summed E-state index contributed by atoms with van der Waals surface area (Å²) in [5.41, 5.74) is 3.24. The van der Waals surface area contributed by atoms with Crippen molar-refractivity contribution < 1.29 is 28.2 Å². The van der Waals surface area contributed by atoms with Crippen LogP contribution in [-0.2, 0) is 28.2 Å². The first-order chi connectivity index (χ1) is 20.2. The predicted molar refractivity (Wildman–Crippen MR) is 185 cm³/mol. The summed E-state index contributed by atoms with van der Waals surface area (Å²) in [5.74, 6) is 5.89. The summed E-state index contributed by atoms with van der Waals surface area (Å²) in [5, 5.41) is 0. The van der Waals surface area contributed by atoms with Crippen LogP contribution in [0.5, 0.6) is 0 Å². The molecule has 2 aliphatic rings. The second-order valence-corrected chi connectivity index (χ2v) is 19.5. The normalized spacial score (nSPS) is 29.7. The van der Waals surface area contributed by atoms with Crippen LogP contribution >= 0.6 is 22.6 Å². The number of fused-ring (bicyclic) bond motifs is 2. The van der Waals surface area contributed by atoms with Crippen molar-refractivity contribution in [3.05, 3.63) is 33.5 Å². The molecule has 0 unspecified atom stereocenters. The zero-order chi connectivity index (χ0) is 32.5. The molecule has 6 nitrogen and oxygen atoms in total. The molecule has 43 heavy (non-hydrogen) atoms. The Hall–Kier alpha value is -1.41. The molecule has 2 heterocycles. The van der Waals surface area contributed by atoms with Crippen molar-refractivity contribution in [3.8, 4) is 11.8 Å². The lowest BCUT2D eigenvalue weighted by molar-refractivity contribution is -0.158. The molecule has 1 saturated heterocycles. The predicted octanol–water partition coefficient (Wildman–Crippen LogP) is 8.71. The Morgan fingerprint density at radius 2 is 1.70 bits per heavy atom. The van der Waals surface area contributed by atoms with Crippen LogP contribution < -0.4 is 0 Å². The Bertz CT molecular complexity index is 1080. The highest BCUT2D eigenvalue weighted by molar-refractivity contribution is 14.1. The van der Waals surface area contributed by atoms with Crippen LogP contribution in [0.2, 0.25) is 16.6 Å². The molecule has 0 aromatic carbocycles. The number of cyclic esters (lactones) is 1. The fourth-order valence-electron chi connectivity index (χ4n) is 7.05. The number of halogens is 1. The summed E-state index contributed by atoms with van der Waals surface area (Å²) in [4.78, 5) is 25.7. The zero-order valence-corrected chi connectivity index (χ0v) is 31.4. The van der Waals surface area contributed by atoms with E-state index in [9.17, 15) is 9.59 Å². The Kier molecular flexibility index (Phi) is 15.2. The lowest BCUT2D eigenvalue weighted by Gasteiger charge is -2.45. The highest BCUT2D eigenvalue weighted by Crippen LogP contribution is 2.44. The molecule has 0 saturated carbocycles. The standard InChI is InChI=1S/C35H55IO6Si/c1-22(2)43(23(3)4,24(5)6)42-31-20-32(28(10)35(39-11)27(9)21-36)41-33(37)17-13-16-29-18-30(40-34(38)19-29)25(7)14-12-15-26(31)8/h13,15,17,21-25,28-32,35H,16,18-20H2,1-11H3/b17-13+,26-15+,27-21+/t25-,28+,29-,30-,31+,32+,35+/m1/s1. The largest absolute Gasteiger partial charge is 0.461 e. The maximum Gasteiger partial charge on any atom is 0.330 e. The van der Waals surface area contributed by atoms with Gasteiger partial charge in [-0.25, -0.2) is 4.79 Å². The molecule has 0 spiro atoms. The third kappa shape index (κ3) is 10.0. The number of hydrogen-bond acceptors (Lipinski definition) is 6. The van der Waals surface area contributed by atoms with Gasteiger partial charge in [-0.15, -0.1) is 0 Å². The van der Waals surface area contributed by atoms with Gasteiger partial charge >= 0.3 is 11.9 Å². The van der Waals surface area contributed by atoms with Gasteiger partial charge in [0.25, 0.3) is 0 Å². The number of hydrogen-bond donors (Lipinski definition) is 0. The molecule has 0 N–H and O–H groups in total. The number of methoxy groups -OCH3 is 1. The van der Waals surface area contributed by atoms with Crippen LogP contribution in [0.25, 0.3) is 0 Å². The summed E-state index contributed by atoms with van der Waals surface area (Å²) in [6, 6.07) is 0. The smallest absolute Gasteiger partial charge is 0.330 e. The molecule has 2 aliphatic heterocycles. The van der Waals surface area contributed by atoms with Gasteiger partial charge in [0.1, 0.15) is 12.2 Å². The first-order valence-corrected chi connectivity index (χ1v) is 19.3. The van der Waals surface area contributed by atoms with E-state index < -0.39 is 20.4 Å². The van der Waals surface area contributed by atoms with E-state index in [2.05, 4.69) is 89.8 Å². The van der Waals surface area contributed by atoms with Crippen LogP contribution in [0.15, 0.2) is 33.5 Å². The second-order valence-electron chi connectivity index (χ2n) is 13.4. The maximum atomic E-state index is 13.3. The van der Waals surface area contributed by atoms with Gasteiger partial charge < -0.3 is 18.6 Å². The monoisotopic (exact) mass is 726 g/mol. The van der Waals surface area contributed by atoms with Crippen molar-refractivity contribution in [1.29, 1.82) is 0 Å². The van der Waals surface area contributed by atoms with Gasteiger partial charge in [0.15, 0.2) is 0 Å². The lowest BCUT2D eigenvalue weighted by atomic mass is 9.87. The van der Waals surface area contributed by atoms with Crippen molar-refractivity contribution in [2.45, 2.75) is 136 Å². The van der Waals surface area contributed by atoms with Crippen molar-refractivity contribution in [3.63, 3.8) is 0 Å². The minimum atomic E-state index is -2.31. The van der Waals surface area contributed by atoms with E-state index >= 15 is 0 Å². The molecule has 0 aromatic rings. The second kappa shape index (κ2) is 17.3. The molecular formula is C35H55IO6Si. The van der Waals surface area contributed by atoms with E-state index in [1.165, 1.54) is 6.08 Å². The maximum absolute atomic E-state index is 13.3. The van der Waals surface area contributed by atoms with Crippen LogP contribution in [0, 0.1) is 29.6 Å². The highest BCUT2D eigenvalue weighted by Gasteiger charge is 2.47. The third-order valence-corrected chi connectivity index (χ3v) is 16.5. The number of ether oxygens (including phenoxy) is 3. The molecule has 0 aliphatic carbocycles. The van der Waals surface area contributed by atoms with Gasteiger partial charge in [-0.1, -0.05) is 89.0 Å². The molecule has 1 fully saturated rings. The topological polar surface area (TPSA) is 71.1 Å². The van der Waals surface area contributed by atoms with Gasteiger partial charge in [-0.05, 0) is 77.5 Å². The number of esters is 2. The molecule has 2 bridgehead atoms. The SMILES string of the molecule is CO[C@@H](/C(C)=C/I)[C@@H](C)[C@@H]1C[C@H](O[Si](C(C)C)(C(C)C)C(C)C)/C(C)=C/C#C[C@@H](C)[C@H]2C[C@@H](C/C=C/C(=O)O1)CC(=O)O2. The first-order valence-electron chi connectivity index (χ1n) is 15.9. The van der Waals surface area contributed by atoms with E-state index in [-0.39, 0.29) is 42.0 Å². The molecule has 8 heteroatoms. The van der Waals surface area contributed by atoms with Crippen molar-refractivity contribution in [2.24, 2.45) is 17.8 Å². The van der Waals surface area contributed by atoms with Crippen LogP contribution in [0.3, 0.4) is 0 Å². The van der Waals surface area contributed by atoms with Gasteiger partial charge in [-0.3, -0.25) is 4.79 Å². The molecule has 0 radical (unpaired) electrons. The van der Waals surface area contributed by atoms with Crippen molar-refractivity contribution >= 4 is 42.8 Å². The van der Waals surface area contributed by atoms with E-state index in [4.69, 9.17) is 18.6 Å². The van der Waals surface area contributed by atoms with Gasteiger partial charge in [-0.2, -0.15) is 0 Å². The molecule has 242 valence electrons. The Morgan fingerprint density at radius 3 is 2.26 bits per heavy atom. The average Bonchev–Trinajstić information content (AvgIpc) is 2.93. The van der Waals surface area contributed by atoms with Crippen LogP contribution in [-0.4, -0.2) is 51.8 Å².